The molecule has 0 aliphatic rings. The number of rotatable bonds is 2. The third kappa shape index (κ3) is 1.53. The molecule has 1 aromatic heterocycles. The van der Waals surface area contributed by atoms with E-state index < -0.39 is 11.9 Å². The number of hydrogen-bond acceptors (Lipinski definition) is 4. The van der Waals surface area contributed by atoms with Crippen LogP contribution in [0.2, 0.25) is 0 Å². The van der Waals surface area contributed by atoms with Gasteiger partial charge in [-0.15, -0.1) is 0 Å². The van der Waals surface area contributed by atoms with E-state index in [0.717, 1.165) is 6.26 Å². The number of carboxylic acid groups (broad SMARTS) is 1. The molecule has 0 atom stereocenters. The van der Waals surface area contributed by atoms with Gasteiger partial charge in [-0.05, 0) is 6.92 Å². The van der Waals surface area contributed by atoms with Crippen molar-refractivity contribution in [3.05, 3.63) is 23.2 Å². The summed E-state index contributed by atoms with van der Waals surface area (Å²) in [6.45, 7) is 1.50. The monoisotopic (exact) mass is 184 g/mol. The van der Waals surface area contributed by atoms with Gasteiger partial charge in [0.2, 0.25) is 0 Å². The number of methoxy groups -OCH3 is 1. The molecule has 5 heteroatoms. The Balaban J connectivity index is 3.24. The number of esters is 1. The van der Waals surface area contributed by atoms with Gasteiger partial charge in [0.15, 0.2) is 0 Å². The highest BCUT2D eigenvalue weighted by Crippen LogP contribution is 2.17. The third-order valence-corrected chi connectivity index (χ3v) is 1.59. The van der Waals surface area contributed by atoms with Crippen LogP contribution in [0.5, 0.6) is 0 Å². The smallest absolute Gasteiger partial charge is 0.342 e. The van der Waals surface area contributed by atoms with Crippen molar-refractivity contribution in [2.45, 2.75) is 6.92 Å². The number of aromatic carboxylic acids is 1. The molecule has 0 aliphatic heterocycles. The molecule has 0 aromatic carbocycles. The van der Waals surface area contributed by atoms with Crippen LogP contribution in [0.15, 0.2) is 10.7 Å². The summed E-state index contributed by atoms with van der Waals surface area (Å²) >= 11 is 0. The predicted octanol–water partition coefficient (Wildman–Crippen LogP) is 1.07. The van der Waals surface area contributed by atoms with Crippen molar-refractivity contribution in [1.82, 2.24) is 0 Å². The lowest BCUT2D eigenvalue weighted by Gasteiger charge is -1.97. The molecule has 1 heterocycles. The zero-order valence-electron chi connectivity index (χ0n) is 7.16. The van der Waals surface area contributed by atoms with E-state index in [9.17, 15) is 9.59 Å². The average Bonchev–Trinajstić information content (AvgIpc) is 2.46. The fraction of sp³-hybridized carbons (Fsp3) is 0.250. The highest BCUT2D eigenvalue weighted by atomic mass is 16.5. The molecule has 0 spiro atoms. The molecule has 5 nitrogen and oxygen atoms in total. The van der Waals surface area contributed by atoms with Crippen LogP contribution in [0.3, 0.4) is 0 Å². The average molecular weight is 184 g/mol. The normalized spacial score (nSPS) is 9.69. The first-order valence-corrected chi connectivity index (χ1v) is 3.47. The summed E-state index contributed by atoms with van der Waals surface area (Å²) in [7, 11) is 1.18. The molecule has 1 aromatic rings. The van der Waals surface area contributed by atoms with E-state index in [1.165, 1.54) is 14.0 Å². The van der Waals surface area contributed by atoms with E-state index in [2.05, 4.69) is 4.74 Å². The van der Waals surface area contributed by atoms with Crippen LogP contribution in [0, 0.1) is 6.92 Å². The third-order valence-electron chi connectivity index (χ3n) is 1.59. The molecule has 0 fully saturated rings. The summed E-state index contributed by atoms with van der Waals surface area (Å²) in [6, 6.07) is 0. The topological polar surface area (TPSA) is 76.7 Å². The molecule has 1 rings (SSSR count). The van der Waals surface area contributed by atoms with Crippen LogP contribution < -0.4 is 0 Å². The van der Waals surface area contributed by atoms with Crippen molar-refractivity contribution in [3.8, 4) is 0 Å². The van der Waals surface area contributed by atoms with Crippen molar-refractivity contribution in [2.24, 2.45) is 0 Å². The molecule has 0 unspecified atom stereocenters. The number of hydrogen-bond donors (Lipinski definition) is 1. The van der Waals surface area contributed by atoms with Crippen LogP contribution in [-0.2, 0) is 4.74 Å². The van der Waals surface area contributed by atoms with Gasteiger partial charge in [0.1, 0.15) is 23.2 Å². The number of furan rings is 1. The first-order chi connectivity index (χ1) is 6.07. The van der Waals surface area contributed by atoms with Gasteiger partial charge in [-0.25, -0.2) is 9.59 Å². The van der Waals surface area contributed by atoms with Gasteiger partial charge in [-0.2, -0.15) is 0 Å². The SMILES string of the molecule is COC(=O)c1c(C(=O)O)coc1C. The van der Waals surface area contributed by atoms with Crippen LogP contribution >= 0.6 is 0 Å². The van der Waals surface area contributed by atoms with Gasteiger partial charge in [-0.3, -0.25) is 0 Å². The lowest BCUT2D eigenvalue weighted by Crippen LogP contribution is -2.08. The molecular weight excluding hydrogens is 176 g/mol. The lowest BCUT2D eigenvalue weighted by atomic mass is 10.1. The van der Waals surface area contributed by atoms with Crippen LogP contribution in [0.1, 0.15) is 26.5 Å². The number of aryl methyl sites for hydroxylation is 1. The van der Waals surface area contributed by atoms with E-state index in [-0.39, 0.29) is 16.9 Å². The highest BCUT2D eigenvalue weighted by Gasteiger charge is 2.22. The molecule has 70 valence electrons. The molecule has 0 saturated heterocycles. The molecule has 1 N–H and O–H groups in total. The molecule has 0 saturated carbocycles. The Labute approximate surface area is 73.9 Å². The Bertz CT molecular complexity index is 349. The van der Waals surface area contributed by atoms with E-state index in [1.54, 1.807) is 0 Å². The Morgan fingerprint density at radius 3 is 2.62 bits per heavy atom. The van der Waals surface area contributed by atoms with Gasteiger partial charge < -0.3 is 14.3 Å². The maximum atomic E-state index is 11.1. The lowest BCUT2D eigenvalue weighted by molar-refractivity contribution is 0.0582. The highest BCUT2D eigenvalue weighted by molar-refractivity contribution is 6.02. The summed E-state index contributed by atoms with van der Waals surface area (Å²) < 4.78 is 9.20. The Morgan fingerprint density at radius 2 is 2.15 bits per heavy atom. The first kappa shape index (κ1) is 9.31. The fourth-order valence-electron chi connectivity index (χ4n) is 0.968. The number of carbonyl (C=O) groups is 2. The van der Waals surface area contributed by atoms with Crippen LogP contribution in [0.4, 0.5) is 0 Å². The molecule has 0 amide bonds. The minimum Gasteiger partial charge on any atom is -0.478 e. The Kier molecular flexibility index (Phi) is 2.36. The molecule has 0 radical (unpaired) electrons. The second-order valence-corrected chi connectivity index (χ2v) is 2.38. The zero-order valence-corrected chi connectivity index (χ0v) is 7.16. The van der Waals surface area contributed by atoms with E-state index in [1.807, 2.05) is 0 Å². The maximum Gasteiger partial charge on any atom is 0.342 e. The second-order valence-electron chi connectivity index (χ2n) is 2.38. The minimum absolute atomic E-state index is 0.0324. The van der Waals surface area contributed by atoms with Crippen molar-refractivity contribution < 1.29 is 23.8 Å². The van der Waals surface area contributed by atoms with Gasteiger partial charge in [0, 0.05) is 0 Å². The van der Waals surface area contributed by atoms with Crippen molar-refractivity contribution in [2.75, 3.05) is 7.11 Å². The maximum absolute atomic E-state index is 11.1. The molecule has 0 bridgehead atoms. The molecular formula is C8H8O5. The van der Waals surface area contributed by atoms with Gasteiger partial charge in [0.05, 0.1) is 7.11 Å². The number of carboxylic acids is 1. The Morgan fingerprint density at radius 1 is 1.54 bits per heavy atom. The molecule has 0 aliphatic carbocycles. The van der Waals surface area contributed by atoms with Crippen molar-refractivity contribution >= 4 is 11.9 Å². The first-order valence-electron chi connectivity index (χ1n) is 3.47. The number of ether oxygens (including phenoxy) is 1. The summed E-state index contributed by atoms with van der Waals surface area (Å²) in [6.07, 6.45) is 1.02. The van der Waals surface area contributed by atoms with E-state index in [0.29, 0.717) is 0 Å². The minimum atomic E-state index is -1.21. The second kappa shape index (κ2) is 3.30. The quantitative estimate of drug-likeness (QED) is 0.695. The van der Waals surface area contributed by atoms with Crippen LogP contribution in [0.25, 0.3) is 0 Å². The van der Waals surface area contributed by atoms with Crippen molar-refractivity contribution in [3.63, 3.8) is 0 Å². The van der Waals surface area contributed by atoms with Gasteiger partial charge in [-0.1, -0.05) is 0 Å². The predicted molar refractivity (Wildman–Crippen MR) is 41.7 cm³/mol. The van der Waals surface area contributed by atoms with Crippen molar-refractivity contribution in [1.29, 1.82) is 0 Å². The standard InChI is InChI=1S/C8H8O5/c1-4-6(8(11)12-2)5(3-13-4)7(9)10/h3H,1-2H3,(H,9,10). The summed E-state index contributed by atoms with van der Waals surface area (Å²) in [5.41, 5.74) is -0.209. The zero-order chi connectivity index (χ0) is 10.0. The Hall–Kier alpha value is -1.78. The fourth-order valence-corrected chi connectivity index (χ4v) is 0.968. The molecule has 13 heavy (non-hydrogen) atoms. The summed E-state index contributed by atoms with van der Waals surface area (Å²) in [5, 5.41) is 8.66. The largest absolute Gasteiger partial charge is 0.478 e. The van der Waals surface area contributed by atoms with Gasteiger partial charge in [0.25, 0.3) is 0 Å². The van der Waals surface area contributed by atoms with E-state index in [4.69, 9.17) is 9.52 Å². The van der Waals surface area contributed by atoms with Gasteiger partial charge >= 0.3 is 11.9 Å². The van der Waals surface area contributed by atoms with Crippen LogP contribution in [-0.4, -0.2) is 24.2 Å². The number of carbonyl (C=O) groups excluding carboxylic acids is 1. The summed E-state index contributed by atoms with van der Waals surface area (Å²) in [4.78, 5) is 21.7. The summed E-state index contributed by atoms with van der Waals surface area (Å²) in [5.74, 6) is -1.68. The van der Waals surface area contributed by atoms with E-state index >= 15 is 0 Å².